The van der Waals surface area contributed by atoms with Crippen LogP contribution in [0.5, 0.6) is 0 Å². The first-order chi connectivity index (χ1) is 9.75. The molecule has 0 saturated carbocycles. The van der Waals surface area contributed by atoms with Crippen LogP contribution in [0.4, 0.5) is 22.0 Å². The van der Waals surface area contributed by atoms with Gasteiger partial charge in [-0.3, -0.25) is 0 Å². The quantitative estimate of drug-likeness (QED) is 0.866. The van der Waals surface area contributed by atoms with E-state index in [1.165, 1.54) is 0 Å². The lowest BCUT2D eigenvalue weighted by Gasteiger charge is -2.05. The van der Waals surface area contributed by atoms with Crippen LogP contribution in [-0.4, -0.2) is 9.97 Å². The van der Waals surface area contributed by atoms with Crippen LogP contribution in [0.25, 0.3) is 12.2 Å². The Balaban J connectivity index is 2.37. The van der Waals surface area contributed by atoms with Crippen molar-refractivity contribution in [1.29, 1.82) is 0 Å². The molecule has 0 aliphatic heterocycles. The summed E-state index contributed by atoms with van der Waals surface area (Å²) < 4.78 is 63.5. The number of rotatable bonds is 2. The molecule has 0 bridgehead atoms. The lowest BCUT2D eigenvalue weighted by molar-refractivity contribution is -0.141. The SMILES string of the molecule is O=c1nc(/C=C/c2ccc(F)cc2F)cc(C(F)(F)F)[nH]1. The number of hydrogen-bond donors (Lipinski definition) is 1. The number of nitrogens with zero attached hydrogens (tertiary/aromatic N) is 1. The van der Waals surface area contributed by atoms with Gasteiger partial charge >= 0.3 is 11.9 Å². The van der Waals surface area contributed by atoms with Crippen LogP contribution in [-0.2, 0) is 6.18 Å². The summed E-state index contributed by atoms with van der Waals surface area (Å²) in [6, 6.07) is 3.35. The highest BCUT2D eigenvalue weighted by Crippen LogP contribution is 2.27. The monoisotopic (exact) mass is 302 g/mol. The minimum absolute atomic E-state index is 0.0490. The number of aromatic nitrogens is 2. The molecule has 0 aliphatic rings. The molecule has 2 aromatic rings. The Morgan fingerprint density at radius 1 is 1.10 bits per heavy atom. The van der Waals surface area contributed by atoms with Crippen molar-refractivity contribution in [2.75, 3.05) is 0 Å². The van der Waals surface area contributed by atoms with E-state index in [-0.39, 0.29) is 11.3 Å². The van der Waals surface area contributed by atoms with Crippen LogP contribution < -0.4 is 5.69 Å². The molecule has 0 fully saturated rings. The molecule has 0 saturated heterocycles. The Hall–Kier alpha value is -2.51. The van der Waals surface area contributed by atoms with Gasteiger partial charge in [0.1, 0.15) is 17.3 Å². The van der Waals surface area contributed by atoms with Crippen LogP contribution in [0.3, 0.4) is 0 Å². The zero-order valence-corrected chi connectivity index (χ0v) is 10.2. The molecule has 0 unspecified atom stereocenters. The van der Waals surface area contributed by atoms with Gasteiger partial charge in [-0.2, -0.15) is 18.2 Å². The highest BCUT2D eigenvalue weighted by atomic mass is 19.4. The third-order valence-corrected chi connectivity index (χ3v) is 2.47. The van der Waals surface area contributed by atoms with E-state index >= 15 is 0 Å². The van der Waals surface area contributed by atoms with Gasteiger partial charge in [-0.05, 0) is 30.4 Å². The first-order valence-electron chi connectivity index (χ1n) is 5.57. The van der Waals surface area contributed by atoms with Gasteiger partial charge in [0, 0.05) is 11.6 Å². The van der Waals surface area contributed by atoms with Crippen molar-refractivity contribution in [2.24, 2.45) is 0 Å². The van der Waals surface area contributed by atoms with Crippen LogP contribution in [0, 0.1) is 11.6 Å². The maximum absolute atomic E-state index is 13.3. The first-order valence-corrected chi connectivity index (χ1v) is 5.57. The van der Waals surface area contributed by atoms with Crippen molar-refractivity contribution < 1.29 is 22.0 Å². The van der Waals surface area contributed by atoms with E-state index in [9.17, 15) is 26.7 Å². The maximum atomic E-state index is 13.3. The summed E-state index contributed by atoms with van der Waals surface area (Å²) in [5, 5.41) is 0. The smallest absolute Gasteiger partial charge is 0.302 e. The predicted octanol–water partition coefficient (Wildman–Crippen LogP) is 3.24. The number of hydrogen-bond acceptors (Lipinski definition) is 2. The Morgan fingerprint density at radius 3 is 2.43 bits per heavy atom. The minimum atomic E-state index is -4.73. The second-order valence-corrected chi connectivity index (χ2v) is 4.02. The van der Waals surface area contributed by atoms with Crippen molar-refractivity contribution >= 4 is 12.2 Å². The fourth-order valence-electron chi connectivity index (χ4n) is 1.53. The molecule has 1 N–H and O–H groups in total. The lowest BCUT2D eigenvalue weighted by Crippen LogP contribution is -2.19. The van der Waals surface area contributed by atoms with E-state index in [1.54, 1.807) is 4.98 Å². The molecular weight excluding hydrogens is 295 g/mol. The third-order valence-electron chi connectivity index (χ3n) is 2.47. The summed E-state index contributed by atoms with van der Waals surface area (Å²) >= 11 is 0. The highest BCUT2D eigenvalue weighted by Gasteiger charge is 2.32. The van der Waals surface area contributed by atoms with Crippen molar-refractivity contribution in [1.82, 2.24) is 9.97 Å². The van der Waals surface area contributed by atoms with E-state index in [4.69, 9.17) is 0 Å². The Morgan fingerprint density at radius 2 is 1.81 bits per heavy atom. The highest BCUT2D eigenvalue weighted by molar-refractivity contribution is 5.68. The number of halogens is 5. The fourth-order valence-corrected chi connectivity index (χ4v) is 1.53. The van der Waals surface area contributed by atoms with Gasteiger partial charge in [0.15, 0.2) is 0 Å². The van der Waals surface area contributed by atoms with Gasteiger partial charge in [0.2, 0.25) is 0 Å². The molecule has 1 heterocycles. The number of alkyl halides is 3. The van der Waals surface area contributed by atoms with Gasteiger partial charge in [0.25, 0.3) is 0 Å². The molecule has 3 nitrogen and oxygen atoms in total. The summed E-state index contributed by atoms with van der Waals surface area (Å²) in [4.78, 5) is 15.9. The van der Waals surface area contributed by atoms with E-state index in [2.05, 4.69) is 4.98 Å². The molecule has 0 amide bonds. The summed E-state index contributed by atoms with van der Waals surface area (Å²) in [7, 11) is 0. The Bertz CT molecular complexity index is 749. The van der Waals surface area contributed by atoms with Crippen molar-refractivity contribution in [3.63, 3.8) is 0 Å². The normalized spacial score (nSPS) is 12.0. The number of aromatic amines is 1. The molecule has 0 spiro atoms. The summed E-state index contributed by atoms with van der Waals surface area (Å²) in [6.45, 7) is 0. The van der Waals surface area contributed by atoms with E-state index in [0.29, 0.717) is 12.1 Å². The third kappa shape index (κ3) is 3.74. The summed E-state index contributed by atoms with van der Waals surface area (Å²) in [5.74, 6) is -1.66. The van der Waals surface area contributed by atoms with E-state index in [0.717, 1.165) is 24.3 Å². The standard InChI is InChI=1S/C13H7F5N2O/c14-8-3-1-7(10(15)5-8)2-4-9-6-11(13(16,17)18)20-12(21)19-9/h1-6H,(H,19,20,21)/b4-2+. The Kier molecular flexibility index (Phi) is 3.88. The molecule has 2 rings (SSSR count). The molecular formula is C13H7F5N2O. The van der Waals surface area contributed by atoms with Crippen LogP contribution in [0.15, 0.2) is 29.1 Å². The average Bonchev–Trinajstić information content (AvgIpc) is 2.36. The fraction of sp³-hybridized carbons (Fsp3) is 0.0769. The van der Waals surface area contributed by atoms with Gasteiger partial charge in [0.05, 0.1) is 5.69 Å². The zero-order valence-electron chi connectivity index (χ0n) is 10.2. The number of benzene rings is 1. The largest absolute Gasteiger partial charge is 0.431 e. The second-order valence-electron chi connectivity index (χ2n) is 4.02. The van der Waals surface area contributed by atoms with Gasteiger partial charge in [-0.1, -0.05) is 0 Å². The second kappa shape index (κ2) is 5.47. The molecule has 1 aromatic heterocycles. The summed E-state index contributed by atoms with van der Waals surface area (Å²) in [6.07, 6.45) is -2.61. The predicted molar refractivity (Wildman–Crippen MR) is 65.1 cm³/mol. The molecule has 8 heteroatoms. The number of nitrogens with one attached hydrogen (secondary N) is 1. The molecule has 21 heavy (non-hydrogen) atoms. The average molecular weight is 302 g/mol. The molecule has 0 radical (unpaired) electrons. The van der Waals surface area contributed by atoms with E-state index in [1.807, 2.05) is 0 Å². The van der Waals surface area contributed by atoms with Crippen molar-refractivity contribution in [3.05, 3.63) is 63.3 Å². The first kappa shape index (κ1) is 14.9. The Labute approximate surface area is 114 Å². The van der Waals surface area contributed by atoms with Crippen LogP contribution >= 0.6 is 0 Å². The zero-order chi connectivity index (χ0) is 15.6. The maximum Gasteiger partial charge on any atom is 0.431 e. The number of H-pyrrole nitrogens is 1. The molecule has 1 aromatic carbocycles. The van der Waals surface area contributed by atoms with Gasteiger partial charge in [-0.25, -0.2) is 13.6 Å². The molecule has 110 valence electrons. The van der Waals surface area contributed by atoms with Gasteiger partial charge < -0.3 is 4.98 Å². The van der Waals surface area contributed by atoms with Crippen LogP contribution in [0.2, 0.25) is 0 Å². The van der Waals surface area contributed by atoms with Crippen molar-refractivity contribution in [2.45, 2.75) is 6.18 Å². The summed E-state index contributed by atoms with van der Waals surface area (Å²) in [5.41, 5.74) is -2.78. The molecule has 0 atom stereocenters. The topological polar surface area (TPSA) is 45.8 Å². The van der Waals surface area contributed by atoms with Crippen molar-refractivity contribution in [3.8, 4) is 0 Å². The van der Waals surface area contributed by atoms with Gasteiger partial charge in [-0.15, -0.1) is 0 Å². The minimum Gasteiger partial charge on any atom is -0.302 e. The molecule has 0 aliphatic carbocycles. The van der Waals surface area contributed by atoms with Crippen LogP contribution in [0.1, 0.15) is 17.0 Å². The van der Waals surface area contributed by atoms with E-state index < -0.39 is 29.2 Å². The lowest BCUT2D eigenvalue weighted by atomic mass is 10.1.